The van der Waals surface area contributed by atoms with Crippen molar-refractivity contribution in [1.29, 1.82) is 0 Å². The van der Waals surface area contributed by atoms with Crippen molar-refractivity contribution < 1.29 is 16.8 Å². The van der Waals surface area contributed by atoms with E-state index in [0.717, 1.165) is 0 Å². The average molecular weight is 507 g/mol. The van der Waals surface area contributed by atoms with Gasteiger partial charge in [0.1, 0.15) is 0 Å². The average Bonchev–Trinajstić information content (AvgIpc) is 2.81. The summed E-state index contributed by atoms with van der Waals surface area (Å²) in [6.45, 7) is 0. The molecule has 0 bridgehead atoms. The maximum absolute atomic E-state index is 12.8. The Bertz CT molecular complexity index is 1310. The fourth-order valence-electron chi connectivity index (χ4n) is 3.25. The first-order valence-electron chi connectivity index (χ1n) is 9.38. The minimum atomic E-state index is -4.07. The van der Waals surface area contributed by atoms with Crippen molar-refractivity contribution in [2.75, 3.05) is 0 Å². The Morgan fingerprint density at radius 2 is 0.844 bits per heavy atom. The highest BCUT2D eigenvalue weighted by molar-refractivity contribution is 7.90. The van der Waals surface area contributed by atoms with E-state index in [1.807, 2.05) is 0 Å². The van der Waals surface area contributed by atoms with Gasteiger partial charge >= 0.3 is 0 Å². The van der Waals surface area contributed by atoms with Crippen LogP contribution in [0, 0.1) is 0 Å². The van der Waals surface area contributed by atoms with Gasteiger partial charge in [0.2, 0.25) is 0 Å². The van der Waals surface area contributed by atoms with Gasteiger partial charge in [-0.3, -0.25) is 0 Å². The highest BCUT2D eigenvalue weighted by atomic mass is 35.5. The molecule has 0 saturated heterocycles. The third kappa shape index (κ3) is 4.36. The first kappa shape index (κ1) is 22.7. The van der Waals surface area contributed by atoms with Gasteiger partial charge < -0.3 is 0 Å². The second-order valence-electron chi connectivity index (χ2n) is 6.88. The summed E-state index contributed by atoms with van der Waals surface area (Å²) in [6.07, 6.45) is 0. The fraction of sp³-hybridized carbons (Fsp3) is 0.0909. The van der Waals surface area contributed by atoms with Crippen LogP contribution in [0.1, 0.15) is 11.1 Å². The predicted octanol–water partition coefficient (Wildman–Crippen LogP) is 4.27. The topological polar surface area (TPSA) is 93.0 Å². The second kappa shape index (κ2) is 8.78. The third-order valence-electron chi connectivity index (χ3n) is 4.78. The molecule has 10 heteroatoms. The molecule has 0 spiro atoms. The van der Waals surface area contributed by atoms with Crippen molar-refractivity contribution in [2.45, 2.75) is 20.5 Å². The molecule has 0 heterocycles. The van der Waals surface area contributed by atoms with Crippen molar-refractivity contribution in [3.05, 3.63) is 96.1 Å². The zero-order valence-electron chi connectivity index (χ0n) is 16.3. The second-order valence-corrected chi connectivity index (χ2v) is 11.0. The summed E-state index contributed by atoms with van der Waals surface area (Å²) in [7, 11) is -8.14. The number of rotatable bonds is 4. The largest absolute Gasteiger partial charge is 0.282 e. The van der Waals surface area contributed by atoms with E-state index in [4.69, 9.17) is 23.2 Å². The van der Waals surface area contributed by atoms with E-state index in [1.54, 1.807) is 60.7 Å². The van der Waals surface area contributed by atoms with Crippen LogP contribution >= 0.6 is 23.2 Å². The Hall–Kier alpha value is -2.52. The summed E-state index contributed by atoms with van der Waals surface area (Å²) in [5.41, 5.74) is 0.765. The lowest BCUT2D eigenvalue weighted by Gasteiger charge is -2.28. The lowest BCUT2D eigenvalue weighted by atomic mass is 9.88. The minimum Gasteiger partial charge on any atom is -0.199 e. The molecule has 0 unspecified atom stereocenters. The molecule has 0 N–H and O–H groups in total. The molecule has 32 heavy (non-hydrogen) atoms. The van der Waals surface area contributed by atoms with Gasteiger partial charge in [0, 0.05) is 11.1 Å². The van der Waals surface area contributed by atoms with Crippen LogP contribution in [0.15, 0.2) is 104 Å². The fourth-order valence-corrected chi connectivity index (χ4v) is 6.09. The summed E-state index contributed by atoms with van der Waals surface area (Å²) in [5, 5.41) is -2.26. The van der Waals surface area contributed by atoms with Gasteiger partial charge in [0.05, 0.1) is 32.0 Å². The molecule has 4 rings (SSSR count). The zero-order valence-corrected chi connectivity index (χ0v) is 19.5. The van der Waals surface area contributed by atoms with Gasteiger partial charge in [-0.1, -0.05) is 60.7 Å². The van der Waals surface area contributed by atoms with E-state index in [2.05, 4.69) is 8.80 Å². The van der Waals surface area contributed by atoms with Crippen molar-refractivity contribution in [2.24, 2.45) is 8.80 Å². The van der Waals surface area contributed by atoms with E-state index in [9.17, 15) is 16.8 Å². The first-order valence-corrected chi connectivity index (χ1v) is 13.1. The maximum Gasteiger partial charge on any atom is 0.282 e. The van der Waals surface area contributed by atoms with Crippen LogP contribution in [0.3, 0.4) is 0 Å². The number of hydrogen-bond acceptors (Lipinski definition) is 4. The van der Waals surface area contributed by atoms with Crippen molar-refractivity contribution in [3.8, 4) is 0 Å². The summed E-state index contributed by atoms with van der Waals surface area (Å²) < 4.78 is 59.3. The van der Waals surface area contributed by atoms with Crippen LogP contribution in [-0.4, -0.2) is 39.0 Å². The van der Waals surface area contributed by atoms with Crippen molar-refractivity contribution >= 4 is 54.7 Å². The molecule has 0 amide bonds. The van der Waals surface area contributed by atoms with Crippen molar-refractivity contribution in [1.82, 2.24) is 0 Å². The Morgan fingerprint density at radius 3 is 1.19 bits per heavy atom. The SMILES string of the molecule is O=S(=O)(N=C1c2ccccc2C(=NS(=O)(=O)c2ccccc2)[C@H](Cl)[C@H]1Cl)c1ccccc1. The minimum absolute atomic E-state index is 0.00564. The summed E-state index contributed by atoms with van der Waals surface area (Å²) in [5.74, 6) is 0. The van der Waals surface area contributed by atoms with Gasteiger partial charge in [-0.05, 0) is 24.3 Å². The summed E-state index contributed by atoms with van der Waals surface area (Å²) in [4.78, 5) is 0.0113. The van der Waals surface area contributed by atoms with E-state index in [0.29, 0.717) is 11.1 Å². The molecule has 0 aliphatic heterocycles. The Morgan fingerprint density at radius 1 is 0.531 bits per heavy atom. The van der Waals surface area contributed by atoms with Crippen LogP contribution in [0.25, 0.3) is 0 Å². The van der Waals surface area contributed by atoms with Crippen molar-refractivity contribution in [3.63, 3.8) is 0 Å². The Kier molecular flexibility index (Phi) is 6.22. The third-order valence-corrected chi connectivity index (χ3v) is 8.43. The predicted molar refractivity (Wildman–Crippen MR) is 126 cm³/mol. The molecule has 3 aromatic rings. The number of sulfonamides is 2. The number of fused-ring (bicyclic) bond motifs is 1. The molecule has 6 nitrogen and oxygen atoms in total. The van der Waals surface area contributed by atoms with Crippen LogP contribution < -0.4 is 0 Å². The summed E-state index contributed by atoms with van der Waals surface area (Å²) in [6, 6.07) is 22.0. The maximum atomic E-state index is 12.8. The lowest BCUT2D eigenvalue weighted by Crippen LogP contribution is -2.40. The van der Waals surface area contributed by atoms with Crippen LogP contribution in [0.2, 0.25) is 0 Å². The normalized spacial score (nSPS) is 21.4. The first-order chi connectivity index (χ1) is 15.2. The quantitative estimate of drug-likeness (QED) is 0.493. The molecular formula is C22H16Cl2N2O4S2. The molecular weight excluding hydrogens is 491 g/mol. The molecule has 3 aromatic carbocycles. The van der Waals surface area contributed by atoms with E-state index in [1.165, 1.54) is 24.3 Å². The van der Waals surface area contributed by atoms with Gasteiger partial charge in [-0.2, -0.15) is 25.6 Å². The van der Waals surface area contributed by atoms with Crippen LogP contribution in [0.4, 0.5) is 0 Å². The Balaban J connectivity index is 1.88. The number of benzene rings is 3. The number of hydrogen-bond donors (Lipinski definition) is 0. The molecule has 2 atom stereocenters. The highest BCUT2D eigenvalue weighted by Crippen LogP contribution is 2.32. The van der Waals surface area contributed by atoms with Gasteiger partial charge in [0.15, 0.2) is 0 Å². The van der Waals surface area contributed by atoms with Crippen LogP contribution in [0.5, 0.6) is 0 Å². The molecule has 0 aromatic heterocycles. The molecule has 0 saturated carbocycles. The number of halogens is 2. The molecule has 1 aliphatic carbocycles. The molecule has 164 valence electrons. The van der Waals surface area contributed by atoms with Gasteiger partial charge in [0.25, 0.3) is 20.0 Å². The lowest BCUT2D eigenvalue weighted by molar-refractivity contribution is 0.596. The smallest absolute Gasteiger partial charge is 0.199 e. The van der Waals surface area contributed by atoms with Gasteiger partial charge in [-0.15, -0.1) is 23.2 Å². The molecule has 0 fully saturated rings. The molecule has 0 radical (unpaired) electrons. The van der Waals surface area contributed by atoms with E-state index < -0.39 is 30.8 Å². The standard InChI is InChI=1S/C22H16Cl2N2O4S2/c23-19-20(24)22(26-32(29,30)16-11-5-2-6-12-16)18-14-8-7-13-17(18)21(19)25-31(27,28)15-9-3-1-4-10-15/h1-14,19-20H/t19-,20-/m1/s1. The Labute approximate surface area is 196 Å². The monoisotopic (exact) mass is 506 g/mol. The number of alkyl halides is 2. The number of nitrogens with zero attached hydrogens (tertiary/aromatic N) is 2. The van der Waals surface area contributed by atoms with E-state index >= 15 is 0 Å². The summed E-state index contributed by atoms with van der Waals surface area (Å²) >= 11 is 13.0. The van der Waals surface area contributed by atoms with Gasteiger partial charge in [-0.25, -0.2) is 0 Å². The van der Waals surface area contributed by atoms with Crippen LogP contribution in [-0.2, 0) is 20.0 Å². The molecule has 1 aliphatic rings. The zero-order chi connectivity index (χ0) is 22.9. The highest BCUT2D eigenvalue weighted by Gasteiger charge is 2.38. The van der Waals surface area contributed by atoms with E-state index in [-0.39, 0.29) is 21.2 Å².